The summed E-state index contributed by atoms with van der Waals surface area (Å²) in [7, 11) is 0. The SMILES string of the molecule is CCNCc1ccc(OCC(C)C)c2ncccc12. The zero-order chi connectivity index (χ0) is 13.7. The summed E-state index contributed by atoms with van der Waals surface area (Å²) in [5, 5.41) is 4.53. The summed E-state index contributed by atoms with van der Waals surface area (Å²) in [6.45, 7) is 8.96. The molecule has 0 saturated heterocycles. The van der Waals surface area contributed by atoms with Crippen LogP contribution in [0.4, 0.5) is 0 Å². The first-order valence-electron chi connectivity index (χ1n) is 6.92. The Kier molecular flexibility index (Phi) is 4.74. The van der Waals surface area contributed by atoms with E-state index in [2.05, 4.69) is 43.2 Å². The van der Waals surface area contributed by atoms with Crippen LogP contribution in [-0.4, -0.2) is 18.1 Å². The number of benzene rings is 1. The van der Waals surface area contributed by atoms with Gasteiger partial charge in [-0.1, -0.05) is 32.9 Å². The van der Waals surface area contributed by atoms with E-state index in [1.54, 1.807) is 0 Å². The molecule has 0 aliphatic carbocycles. The van der Waals surface area contributed by atoms with Crippen molar-refractivity contribution in [2.75, 3.05) is 13.2 Å². The van der Waals surface area contributed by atoms with Crippen LogP contribution in [0.15, 0.2) is 30.5 Å². The fraction of sp³-hybridized carbons (Fsp3) is 0.438. The lowest BCUT2D eigenvalue weighted by Crippen LogP contribution is -2.12. The lowest BCUT2D eigenvalue weighted by Gasteiger charge is -2.13. The maximum atomic E-state index is 5.86. The highest BCUT2D eigenvalue weighted by Gasteiger charge is 2.08. The first-order chi connectivity index (χ1) is 9.22. The molecule has 0 saturated carbocycles. The molecule has 0 unspecified atom stereocenters. The van der Waals surface area contributed by atoms with Crippen molar-refractivity contribution in [3.8, 4) is 5.75 Å². The minimum absolute atomic E-state index is 0.514. The Hall–Kier alpha value is -1.61. The molecule has 0 aliphatic rings. The van der Waals surface area contributed by atoms with Crippen molar-refractivity contribution in [2.45, 2.75) is 27.3 Å². The largest absolute Gasteiger partial charge is 0.491 e. The molecule has 0 aliphatic heterocycles. The van der Waals surface area contributed by atoms with Gasteiger partial charge in [-0.05, 0) is 30.2 Å². The second-order valence-corrected chi connectivity index (χ2v) is 5.11. The van der Waals surface area contributed by atoms with Gasteiger partial charge in [-0.2, -0.15) is 0 Å². The summed E-state index contributed by atoms with van der Waals surface area (Å²) in [6, 6.07) is 8.24. The van der Waals surface area contributed by atoms with Crippen LogP contribution in [0.2, 0.25) is 0 Å². The molecule has 2 rings (SSSR count). The number of rotatable bonds is 6. The maximum Gasteiger partial charge on any atom is 0.145 e. The van der Waals surface area contributed by atoms with Gasteiger partial charge in [0.2, 0.25) is 0 Å². The van der Waals surface area contributed by atoms with Crippen LogP contribution in [0.1, 0.15) is 26.3 Å². The Bertz CT molecular complexity index is 537. The highest BCUT2D eigenvalue weighted by molar-refractivity contribution is 5.87. The van der Waals surface area contributed by atoms with Crippen molar-refractivity contribution in [3.05, 3.63) is 36.0 Å². The average molecular weight is 258 g/mol. The molecule has 1 aromatic heterocycles. The van der Waals surface area contributed by atoms with Gasteiger partial charge >= 0.3 is 0 Å². The van der Waals surface area contributed by atoms with E-state index >= 15 is 0 Å². The fourth-order valence-corrected chi connectivity index (χ4v) is 1.99. The quantitative estimate of drug-likeness (QED) is 0.862. The van der Waals surface area contributed by atoms with Crippen LogP contribution in [0.5, 0.6) is 5.75 Å². The van der Waals surface area contributed by atoms with Crippen LogP contribution >= 0.6 is 0 Å². The highest BCUT2D eigenvalue weighted by atomic mass is 16.5. The molecule has 3 heteroatoms. The molecule has 1 heterocycles. The lowest BCUT2D eigenvalue weighted by molar-refractivity contribution is 0.273. The Morgan fingerprint density at radius 3 is 2.84 bits per heavy atom. The van der Waals surface area contributed by atoms with Gasteiger partial charge in [0.05, 0.1) is 6.61 Å². The van der Waals surface area contributed by atoms with Crippen molar-refractivity contribution in [2.24, 2.45) is 5.92 Å². The molecule has 0 atom stereocenters. The van der Waals surface area contributed by atoms with Gasteiger partial charge in [0.25, 0.3) is 0 Å². The van der Waals surface area contributed by atoms with Crippen LogP contribution in [-0.2, 0) is 6.54 Å². The predicted octanol–water partition coefficient (Wildman–Crippen LogP) is 3.38. The number of hydrogen-bond donors (Lipinski definition) is 1. The number of fused-ring (bicyclic) bond motifs is 1. The molecule has 1 aromatic carbocycles. The molecule has 1 N–H and O–H groups in total. The Morgan fingerprint density at radius 2 is 2.11 bits per heavy atom. The van der Waals surface area contributed by atoms with E-state index in [4.69, 9.17) is 4.74 Å². The van der Waals surface area contributed by atoms with Crippen molar-refractivity contribution < 1.29 is 4.74 Å². The van der Waals surface area contributed by atoms with E-state index < -0.39 is 0 Å². The van der Waals surface area contributed by atoms with Crippen molar-refractivity contribution in [1.82, 2.24) is 10.3 Å². The number of nitrogens with zero attached hydrogens (tertiary/aromatic N) is 1. The Morgan fingerprint density at radius 1 is 1.26 bits per heavy atom. The summed E-state index contributed by atoms with van der Waals surface area (Å²) in [5.74, 6) is 1.39. The van der Waals surface area contributed by atoms with Gasteiger partial charge < -0.3 is 10.1 Å². The second-order valence-electron chi connectivity index (χ2n) is 5.11. The topological polar surface area (TPSA) is 34.1 Å². The van der Waals surface area contributed by atoms with E-state index in [1.807, 2.05) is 18.3 Å². The molecular formula is C16H22N2O. The van der Waals surface area contributed by atoms with Gasteiger partial charge in [0.1, 0.15) is 11.3 Å². The van der Waals surface area contributed by atoms with Gasteiger partial charge in [-0.15, -0.1) is 0 Å². The van der Waals surface area contributed by atoms with Gasteiger partial charge in [0, 0.05) is 18.1 Å². The normalized spacial score (nSPS) is 11.2. The van der Waals surface area contributed by atoms with Gasteiger partial charge in [-0.3, -0.25) is 4.98 Å². The Balaban J connectivity index is 2.34. The minimum Gasteiger partial charge on any atom is -0.491 e. The average Bonchev–Trinajstić information content (AvgIpc) is 2.43. The molecule has 2 aromatic rings. The minimum atomic E-state index is 0.514. The number of ether oxygens (including phenoxy) is 1. The summed E-state index contributed by atoms with van der Waals surface area (Å²) in [4.78, 5) is 4.48. The molecule has 19 heavy (non-hydrogen) atoms. The standard InChI is InChI=1S/C16H22N2O/c1-4-17-10-13-7-8-15(19-11-12(2)3)16-14(13)6-5-9-18-16/h5-9,12,17H,4,10-11H2,1-3H3. The van der Waals surface area contributed by atoms with E-state index in [0.29, 0.717) is 5.92 Å². The number of nitrogens with one attached hydrogen (secondary N) is 1. The highest BCUT2D eigenvalue weighted by Crippen LogP contribution is 2.27. The number of aromatic nitrogens is 1. The third-order valence-corrected chi connectivity index (χ3v) is 2.96. The van der Waals surface area contributed by atoms with Crippen molar-refractivity contribution in [1.29, 1.82) is 0 Å². The summed E-state index contributed by atoms with van der Waals surface area (Å²) in [6.07, 6.45) is 1.82. The molecule has 0 bridgehead atoms. The zero-order valence-electron chi connectivity index (χ0n) is 11.9. The van der Waals surface area contributed by atoms with Crippen molar-refractivity contribution >= 4 is 10.9 Å². The number of pyridine rings is 1. The first kappa shape index (κ1) is 13.8. The molecule has 102 valence electrons. The van der Waals surface area contributed by atoms with Gasteiger partial charge in [0.15, 0.2) is 0 Å². The summed E-state index contributed by atoms with van der Waals surface area (Å²) >= 11 is 0. The van der Waals surface area contributed by atoms with Gasteiger partial charge in [-0.25, -0.2) is 0 Å². The lowest BCUT2D eigenvalue weighted by atomic mass is 10.1. The van der Waals surface area contributed by atoms with Crippen molar-refractivity contribution in [3.63, 3.8) is 0 Å². The molecule has 3 nitrogen and oxygen atoms in total. The van der Waals surface area contributed by atoms with Crippen LogP contribution in [0.25, 0.3) is 10.9 Å². The molecule has 0 spiro atoms. The molecule has 0 fully saturated rings. The van der Waals surface area contributed by atoms with E-state index in [-0.39, 0.29) is 0 Å². The van der Waals surface area contributed by atoms with E-state index in [9.17, 15) is 0 Å². The molecule has 0 amide bonds. The maximum absolute atomic E-state index is 5.86. The number of hydrogen-bond acceptors (Lipinski definition) is 3. The predicted molar refractivity (Wildman–Crippen MR) is 79.5 cm³/mol. The summed E-state index contributed by atoms with van der Waals surface area (Å²) < 4.78 is 5.86. The van der Waals surface area contributed by atoms with E-state index in [1.165, 1.54) is 10.9 Å². The monoisotopic (exact) mass is 258 g/mol. The third-order valence-electron chi connectivity index (χ3n) is 2.96. The molecular weight excluding hydrogens is 236 g/mol. The van der Waals surface area contributed by atoms with E-state index in [0.717, 1.165) is 31.0 Å². The third kappa shape index (κ3) is 3.44. The smallest absolute Gasteiger partial charge is 0.145 e. The molecule has 0 radical (unpaired) electrons. The van der Waals surface area contributed by atoms with Crippen LogP contribution in [0, 0.1) is 5.92 Å². The first-order valence-corrected chi connectivity index (χ1v) is 6.92. The fourth-order valence-electron chi connectivity index (χ4n) is 1.99. The van der Waals surface area contributed by atoms with Crippen LogP contribution in [0.3, 0.4) is 0 Å². The zero-order valence-corrected chi connectivity index (χ0v) is 11.9. The summed E-state index contributed by atoms with van der Waals surface area (Å²) in [5.41, 5.74) is 2.22. The second kappa shape index (κ2) is 6.53. The van der Waals surface area contributed by atoms with Crippen LogP contribution < -0.4 is 10.1 Å². The Labute approximate surface area is 115 Å².